The van der Waals surface area contributed by atoms with E-state index in [9.17, 15) is 18.0 Å². The van der Waals surface area contributed by atoms with Crippen molar-refractivity contribution in [3.05, 3.63) is 81.5 Å². The van der Waals surface area contributed by atoms with Crippen LogP contribution in [0.4, 0.5) is 13.2 Å². The van der Waals surface area contributed by atoms with E-state index in [1.807, 2.05) is 0 Å². The van der Waals surface area contributed by atoms with Crippen LogP contribution in [0.2, 0.25) is 0 Å². The Balaban J connectivity index is 1.58. The fourth-order valence-electron chi connectivity index (χ4n) is 5.23. The molecule has 0 amide bonds. The molecule has 10 heteroatoms. The van der Waals surface area contributed by atoms with Crippen LogP contribution < -0.4 is 10.7 Å². The molecule has 37 heavy (non-hydrogen) atoms. The molecule has 2 aromatic heterocycles. The van der Waals surface area contributed by atoms with E-state index in [0.717, 1.165) is 0 Å². The summed E-state index contributed by atoms with van der Waals surface area (Å²) in [6, 6.07) is 8.45. The predicted molar refractivity (Wildman–Crippen MR) is 132 cm³/mol. The highest BCUT2D eigenvalue weighted by Gasteiger charge is 2.60. The van der Waals surface area contributed by atoms with Gasteiger partial charge in [0.15, 0.2) is 0 Å². The Morgan fingerprint density at radius 2 is 2.03 bits per heavy atom. The number of rotatable bonds is 8. The molecule has 0 spiro atoms. The molecule has 0 radical (unpaired) electrons. The summed E-state index contributed by atoms with van der Waals surface area (Å²) in [6.45, 7) is 2.79. The zero-order chi connectivity index (χ0) is 26.4. The van der Waals surface area contributed by atoms with Crippen LogP contribution in [0, 0.1) is 12.7 Å². The fraction of sp³-hybridized carbons (Fsp3) is 0.370. The molecule has 0 bridgehead atoms. The Labute approximate surface area is 211 Å². The third-order valence-corrected chi connectivity index (χ3v) is 7.08. The molecule has 4 aromatic rings. The van der Waals surface area contributed by atoms with E-state index < -0.39 is 30.0 Å². The summed E-state index contributed by atoms with van der Waals surface area (Å²) >= 11 is 0. The summed E-state index contributed by atoms with van der Waals surface area (Å²) in [6.07, 6.45) is 1.98. The van der Waals surface area contributed by atoms with Crippen LogP contribution in [0.1, 0.15) is 35.4 Å². The molecule has 194 valence electrons. The van der Waals surface area contributed by atoms with Crippen molar-refractivity contribution in [2.24, 2.45) is 7.05 Å². The SMILES string of the molecule is COCCNCc1cc2c(=O)c(-c3cccc(C4(c5nncn5C)CC(F)(F)C4)c3)coc2c(C)c1F. The van der Waals surface area contributed by atoms with Crippen molar-refractivity contribution in [1.29, 1.82) is 0 Å². The zero-order valence-corrected chi connectivity index (χ0v) is 20.8. The molecule has 0 atom stereocenters. The second-order valence-corrected chi connectivity index (χ2v) is 9.64. The second kappa shape index (κ2) is 9.42. The average Bonchev–Trinajstić information content (AvgIpc) is 3.29. The number of aryl methyl sites for hydroxylation is 2. The number of alkyl halides is 2. The van der Waals surface area contributed by atoms with Crippen molar-refractivity contribution in [2.45, 2.75) is 37.6 Å². The molecular formula is C27H27F3N4O3. The van der Waals surface area contributed by atoms with Crippen molar-refractivity contribution < 1.29 is 22.3 Å². The third kappa shape index (κ3) is 4.34. The Hall–Kier alpha value is -3.50. The summed E-state index contributed by atoms with van der Waals surface area (Å²) in [7, 11) is 3.30. The van der Waals surface area contributed by atoms with Gasteiger partial charge in [-0.1, -0.05) is 18.2 Å². The van der Waals surface area contributed by atoms with E-state index >= 15 is 0 Å². The first-order valence-electron chi connectivity index (χ1n) is 11.9. The van der Waals surface area contributed by atoms with E-state index in [4.69, 9.17) is 9.15 Å². The highest BCUT2D eigenvalue weighted by atomic mass is 19.3. The number of hydrogen-bond donors (Lipinski definition) is 1. The number of ether oxygens (including phenoxy) is 1. The monoisotopic (exact) mass is 512 g/mol. The van der Waals surface area contributed by atoms with Crippen LogP contribution in [0.25, 0.3) is 22.1 Å². The van der Waals surface area contributed by atoms with Crippen molar-refractivity contribution in [3.63, 3.8) is 0 Å². The van der Waals surface area contributed by atoms with Crippen LogP contribution >= 0.6 is 0 Å². The van der Waals surface area contributed by atoms with Gasteiger partial charge in [-0.3, -0.25) is 4.79 Å². The summed E-state index contributed by atoms with van der Waals surface area (Å²) in [5.74, 6) is -2.82. The van der Waals surface area contributed by atoms with Crippen molar-refractivity contribution in [2.75, 3.05) is 20.3 Å². The molecule has 5 rings (SSSR count). The maximum Gasteiger partial charge on any atom is 0.250 e. The molecule has 1 saturated carbocycles. The van der Waals surface area contributed by atoms with Gasteiger partial charge >= 0.3 is 0 Å². The molecule has 1 aliphatic carbocycles. The Bertz CT molecular complexity index is 1520. The maximum absolute atomic E-state index is 14.9. The first-order valence-corrected chi connectivity index (χ1v) is 11.9. The second-order valence-electron chi connectivity index (χ2n) is 9.64. The van der Waals surface area contributed by atoms with Crippen LogP contribution in [0.5, 0.6) is 0 Å². The number of hydrogen-bond acceptors (Lipinski definition) is 6. The molecule has 2 heterocycles. The average molecular weight is 513 g/mol. The number of nitrogens with zero attached hydrogens (tertiary/aromatic N) is 3. The van der Waals surface area contributed by atoms with Gasteiger partial charge in [-0.2, -0.15) is 0 Å². The molecule has 1 N–H and O–H groups in total. The summed E-state index contributed by atoms with van der Waals surface area (Å²) in [5, 5.41) is 11.4. The van der Waals surface area contributed by atoms with Crippen molar-refractivity contribution >= 4 is 11.0 Å². The molecule has 7 nitrogen and oxygen atoms in total. The fourth-order valence-corrected chi connectivity index (χ4v) is 5.23. The maximum atomic E-state index is 14.9. The first-order chi connectivity index (χ1) is 17.7. The minimum Gasteiger partial charge on any atom is -0.463 e. The third-order valence-electron chi connectivity index (χ3n) is 7.08. The van der Waals surface area contributed by atoms with Crippen LogP contribution in [0.15, 0.2) is 52.1 Å². The predicted octanol–water partition coefficient (Wildman–Crippen LogP) is 4.49. The van der Waals surface area contributed by atoms with Gasteiger partial charge in [0.2, 0.25) is 5.43 Å². The first kappa shape index (κ1) is 25.2. The number of nitrogens with one attached hydrogen (secondary N) is 1. The normalized spacial score (nSPS) is 16.2. The topological polar surface area (TPSA) is 82.2 Å². The van der Waals surface area contributed by atoms with E-state index in [1.54, 1.807) is 49.9 Å². The van der Waals surface area contributed by atoms with E-state index in [1.165, 1.54) is 18.7 Å². The van der Waals surface area contributed by atoms with Gasteiger partial charge in [-0.25, -0.2) is 13.2 Å². The van der Waals surface area contributed by atoms with Crippen molar-refractivity contribution in [1.82, 2.24) is 20.1 Å². The summed E-state index contributed by atoms with van der Waals surface area (Å²) in [5.41, 5.74) is 0.814. The smallest absolute Gasteiger partial charge is 0.250 e. The molecule has 0 aliphatic heterocycles. The lowest BCUT2D eigenvalue weighted by Gasteiger charge is -2.46. The minimum absolute atomic E-state index is 0.178. The Kier molecular flexibility index (Phi) is 6.41. The van der Waals surface area contributed by atoms with E-state index in [-0.39, 0.29) is 34.1 Å². The highest BCUT2D eigenvalue weighted by molar-refractivity contribution is 5.85. The molecule has 0 unspecified atom stereocenters. The Morgan fingerprint density at radius 1 is 1.24 bits per heavy atom. The number of aromatic nitrogens is 3. The van der Waals surface area contributed by atoms with Gasteiger partial charge in [-0.15, -0.1) is 10.2 Å². The Morgan fingerprint density at radius 3 is 2.70 bits per heavy atom. The molecule has 0 saturated heterocycles. The number of halogens is 3. The minimum atomic E-state index is -2.82. The quantitative estimate of drug-likeness (QED) is 0.351. The summed E-state index contributed by atoms with van der Waals surface area (Å²) in [4.78, 5) is 13.6. The van der Waals surface area contributed by atoms with Gasteiger partial charge in [0.05, 0.1) is 23.0 Å². The van der Waals surface area contributed by atoms with E-state index in [2.05, 4.69) is 15.5 Å². The molecular weight excluding hydrogens is 485 g/mol. The number of methoxy groups -OCH3 is 1. The highest BCUT2D eigenvalue weighted by Crippen LogP contribution is 2.56. The molecule has 1 fully saturated rings. The standard InChI is InChI=1S/C27H27F3N4O3/c1-16-22(28)18(11-31-7-8-36-3)10-20-23(35)21(12-37-24(16)20)17-5-4-6-19(9-17)26(13-27(29,30)14-26)25-33-32-15-34(25)2/h4-6,9-10,12,15,31H,7-8,11,13-14H2,1-3H3. The van der Waals surface area contributed by atoms with Gasteiger partial charge in [0.1, 0.15) is 29.8 Å². The lowest BCUT2D eigenvalue weighted by molar-refractivity contribution is -0.116. The zero-order valence-electron chi connectivity index (χ0n) is 20.8. The number of benzene rings is 2. The van der Waals surface area contributed by atoms with Gasteiger partial charge in [0, 0.05) is 51.2 Å². The number of fused-ring (bicyclic) bond motifs is 1. The van der Waals surface area contributed by atoms with Crippen molar-refractivity contribution in [3.8, 4) is 11.1 Å². The molecule has 1 aliphatic rings. The summed E-state index contributed by atoms with van der Waals surface area (Å²) < 4.78 is 55.7. The molecule has 2 aromatic carbocycles. The lowest BCUT2D eigenvalue weighted by atomic mass is 9.61. The van der Waals surface area contributed by atoms with Gasteiger partial charge in [-0.05, 0) is 30.2 Å². The van der Waals surface area contributed by atoms with Crippen LogP contribution in [0.3, 0.4) is 0 Å². The van der Waals surface area contributed by atoms with E-state index in [0.29, 0.717) is 35.7 Å². The van der Waals surface area contributed by atoms with Gasteiger partial charge in [0.25, 0.3) is 5.92 Å². The van der Waals surface area contributed by atoms with Crippen LogP contribution in [-0.4, -0.2) is 40.9 Å². The lowest BCUT2D eigenvalue weighted by Crippen LogP contribution is -2.51. The van der Waals surface area contributed by atoms with Gasteiger partial charge < -0.3 is 19.0 Å². The largest absolute Gasteiger partial charge is 0.463 e. The van der Waals surface area contributed by atoms with Crippen LogP contribution in [-0.2, 0) is 23.7 Å².